The molecule has 0 amide bonds. The molecule has 3 rings (SSSR count). The lowest BCUT2D eigenvalue weighted by Crippen LogP contribution is -2.24. The fourth-order valence-corrected chi connectivity index (χ4v) is 2.88. The molecule has 1 aromatic heterocycles. The standard InChI is InChI=1S/C16H17F3N4O/c1-2-20-12-8-9(5-6-11(12)16(17,18)19)13-14-10(4-3-7-21-14)15(24)23-22-13/h5-6,8,20-21H,2-4,7H2,1H3,(H,23,24). The van der Waals surface area contributed by atoms with Gasteiger partial charge in [-0.25, -0.2) is 5.10 Å². The number of halogens is 3. The summed E-state index contributed by atoms with van der Waals surface area (Å²) in [5, 5.41) is 12.4. The molecular formula is C16H17F3N4O. The first-order valence-corrected chi connectivity index (χ1v) is 7.72. The largest absolute Gasteiger partial charge is 0.418 e. The van der Waals surface area contributed by atoms with Gasteiger partial charge in [0.2, 0.25) is 0 Å². The molecule has 3 N–H and O–H groups in total. The van der Waals surface area contributed by atoms with Crippen molar-refractivity contribution in [2.45, 2.75) is 25.9 Å². The van der Waals surface area contributed by atoms with Crippen molar-refractivity contribution in [2.24, 2.45) is 0 Å². The van der Waals surface area contributed by atoms with E-state index < -0.39 is 11.7 Å². The zero-order valence-corrected chi connectivity index (χ0v) is 13.0. The molecule has 0 fully saturated rings. The highest BCUT2D eigenvalue weighted by Gasteiger charge is 2.33. The predicted molar refractivity (Wildman–Crippen MR) is 86.3 cm³/mol. The second-order valence-corrected chi connectivity index (χ2v) is 5.57. The Labute approximate surface area is 136 Å². The summed E-state index contributed by atoms with van der Waals surface area (Å²) in [4.78, 5) is 11.9. The Kier molecular flexibility index (Phi) is 4.21. The summed E-state index contributed by atoms with van der Waals surface area (Å²) in [7, 11) is 0. The lowest BCUT2D eigenvalue weighted by molar-refractivity contribution is -0.136. The Bertz CT molecular complexity index is 814. The molecule has 0 aliphatic carbocycles. The fraction of sp³-hybridized carbons (Fsp3) is 0.375. The Morgan fingerprint density at radius 3 is 2.83 bits per heavy atom. The van der Waals surface area contributed by atoms with Gasteiger partial charge in [0.1, 0.15) is 5.69 Å². The fourth-order valence-electron chi connectivity index (χ4n) is 2.88. The van der Waals surface area contributed by atoms with Crippen LogP contribution in [0, 0.1) is 0 Å². The topological polar surface area (TPSA) is 69.8 Å². The van der Waals surface area contributed by atoms with Gasteiger partial charge in [-0.15, -0.1) is 0 Å². The highest BCUT2D eigenvalue weighted by atomic mass is 19.4. The first-order chi connectivity index (χ1) is 11.4. The van der Waals surface area contributed by atoms with Crippen LogP contribution < -0.4 is 16.2 Å². The number of aromatic amines is 1. The number of H-pyrrole nitrogens is 1. The van der Waals surface area contributed by atoms with E-state index in [0.29, 0.717) is 42.0 Å². The molecule has 0 saturated heterocycles. The minimum Gasteiger partial charge on any atom is -0.385 e. The van der Waals surface area contributed by atoms with Gasteiger partial charge >= 0.3 is 6.18 Å². The highest BCUT2D eigenvalue weighted by molar-refractivity contribution is 5.79. The molecule has 128 valence electrons. The van der Waals surface area contributed by atoms with Crippen LogP contribution in [0.25, 0.3) is 11.3 Å². The van der Waals surface area contributed by atoms with E-state index in [1.807, 2.05) is 0 Å². The van der Waals surface area contributed by atoms with Gasteiger partial charge in [-0.1, -0.05) is 6.07 Å². The van der Waals surface area contributed by atoms with E-state index in [-0.39, 0.29) is 11.2 Å². The van der Waals surface area contributed by atoms with Crippen LogP contribution in [0.1, 0.15) is 24.5 Å². The number of fused-ring (bicyclic) bond motifs is 1. The summed E-state index contributed by atoms with van der Waals surface area (Å²) in [5.41, 5.74) is 1.18. The first-order valence-electron chi connectivity index (χ1n) is 7.72. The second kappa shape index (κ2) is 6.18. The van der Waals surface area contributed by atoms with Crippen LogP contribution in [-0.2, 0) is 12.6 Å². The van der Waals surface area contributed by atoms with Crippen LogP contribution in [-0.4, -0.2) is 23.3 Å². The van der Waals surface area contributed by atoms with Gasteiger partial charge < -0.3 is 10.6 Å². The van der Waals surface area contributed by atoms with Crippen molar-refractivity contribution in [3.05, 3.63) is 39.7 Å². The van der Waals surface area contributed by atoms with Crippen molar-refractivity contribution in [3.8, 4) is 11.3 Å². The van der Waals surface area contributed by atoms with Crippen LogP contribution in [0.4, 0.5) is 24.5 Å². The van der Waals surface area contributed by atoms with Gasteiger partial charge in [0.05, 0.1) is 11.3 Å². The van der Waals surface area contributed by atoms with Crippen LogP contribution in [0.5, 0.6) is 0 Å². The number of alkyl halides is 3. The molecular weight excluding hydrogens is 321 g/mol. The van der Waals surface area contributed by atoms with Crippen molar-refractivity contribution in [1.29, 1.82) is 0 Å². The maximum Gasteiger partial charge on any atom is 0.418 e. The van der Waals surface area contributed by atoms with E-state index in [1.54, 1.807) is 6.92 Å². The molecule has 2 heterocycles. The van der Waals surface area contributed by atoms with Gasteiger partial charge in [-0.3, -0.25) is 4.79 Å². The minimum atomic E-state index is -4.44. The average molecular weight is 338 g/mol. The first kappa shape index (κ1) is 16.4. The third-order valence-corrected chi connectivity index (χ3v) is 3.95. The van der Waals surface area contributed by atoms with Crippen LogP contribution in [0.3, 0.4) is 0 Å². The molecule has 0 spiro atoms. The zero-order valence-electron chi connectivity index (χ0n) is 13.0. The van der Waals surface area contributed by atoms with Gasteiger partial charge in [0.15, 0.2) is 0 Å². The van der Waals surface area contributed by atoms with Gasteiger partial charge in [0, 0.05) is 29.9 Å². The summed E-state index contributed by atoms with van der Waals surface area (Å²) in [6.07, 6.45) is -2.99. The Morgan fingerprint density at radius 1 is 1.33 bits per heavy atom. The maximum atomic E-state index is 13.1. The third-order valence-electron chi connectivity index (χ3n) is 3.95. The van der Waals surface area contributed by atoms with Gasteiger partial charge in [-0.05, 0) is 31.9 Å². The number of hydrogen-bond donors (Lipinski definition) is 3. The number of nitrogens with zero attached hydrogens (tertiary/aromatic N) is 1. The number of rotatable bonds is 3. The monoisotopic (exact) mass is 338 g/mol. The Balaban J connectivity index is 2.14. The Morgan fingerprint density at radius 2 is 2.12 bits per heavy atom. The maximum absolute atomic E-state index is 13.1. The molecule has 24 heavy (non-hydrogen) atoms. The second-order valence-electron chi connectivity index (χ2n) is 5.57. The smallest absolute Gasteiger partial charge is 0.385 e. The number of hydrogen-bond acceptors (Lipinski definition) is 4. The van der Waals surface area contributed by atoms with Crippen molar-refractivity contribution >= 4 is 11.4 Å². The molecule has 8 heteroatoms. The molecule has 0 saturated carbocycles. The van der Waals surface area contributed by atoms with E-state index in [2.05, 4.69) is 20.8 Å². The molecule has 2 aromatic rings. The SMILES string of the molecule is CCNc1cc(-c2n[nH]c(=O)c3c2NCCC3)ccc1C(F)(F)F. The molecule has 0 atom stereocenters. The van der Waals surface area contributed by atoms with Gasteiger partial charge in [-0.2, -0.15) is 18.3 Å². The van der Waals surface area contributed by atoms with Crippen molar-refractivity contribution in [3.63, 3.8) is 0 Å². The summed E-state index contributed by atoms with van der Waals surface area (Å²) < 4.78 is 39.3. The number of benzene rings is 1. The molecule has 5 nitrogen and oxygen atoms in total. The van der Waals surface area contributed by atoms with E-state index >= 15 is 0 Å². The third kappa shape index (κ3) is 2.95. The summed E-state index contributed by atoms with van der Waals surface area (Å²) >= 11 is 0. The quantitative estimate of drug-likeness (QED) is 0.803. The molecule has 1 aliphatic heterocycles. The normalized spacial score (nSPS) is 14.0. The van der Waals surface area contributed by atoms with E-state index in [1.165, 1.54) is 12.1 Å². The minimum absolute atomic E-state index is 0.0000550. The van der Waals surface area contributed by atoms with E-state index in [4.69, 9.17) is 0 Å². The van der Waals surface area contributed by atoms with Crippen LogP contribution in [0.15, 0.2) is 23.0 Å². The van der Waals surface area contributed by atoms with Crippen LogP contribution in [0.2, 0.25) is 0 Å². The molecule has 1 aromatic carbocycles. The van der Waals surface area contributed by atoms with E-state index in [9.17, 15) is 18.0 Å². The number of anilines is 2. The summed E-state index contributed by atoms with van der Waals surface area (Å²) in [6.45, 7) is 2.79. The molecule has 0 bridgehead atoms. The highest BCUT2D eigenvalue weighted by Crippen LogP contribution is 2.38. The number of aromatic nitrogens is 2. The molecule has 0 unspecified atom stereocenters. The van der Waals surface area contributed by atoms with Crippen molar-refractivity contribution in [1.82, 2.24) is 10.2 Å². The average Bonchev–Trinajstić information content (AvgIpc) is 2.55. The van der Waals surface area contributed by atoms with E-state index in [0.717, 1.165) is 12.5 Å². The Hall–Kier alpha value is -2.51. The summed E-state index contributed by atoms with van der Waals surface area (Å²) in [5.74, 6) is 0. The van der Waals surface area contributed by atoms with Crippen molar-refractivity contribution < 1.29 is 13.2 Å². The predicted octanol–water partition coefficient (Wildman–Crippen LogP) is 3.25. The molecule has 0 radical (unpaired) electrons. The van der Waals surface area contributed by atoms with Crippen LogP contribution >= 0.6 is 0 Å². The summed E-state index contributed by atoms with van der Waals surface area (Å²) in [6, 6.07) is 3.83. The van der Waals surface area contributed by atoms with Crippen molar-refractivity contribution in [2.75, 3.05) is 23.7 Å². The number of nitrogens with one attached hydrogen (secondary N) is 3. The lowest BCUT2D eigenvalue weighted by Gasteiger charge is -2.20. The molecule has 1 aliphatic rings. The van der Waals surface area contributed by atoms with Gasteiger partial charge in [0.25, 0.3) is 5.56 Å². The zero-order chi connectivity index (χ0) is 17.3. The lowest BCUT2D eigenvalue weighted by atomic mass is 9.99.